The van der Waals surface area contributed by atoms with Crippen LogP contribution in [0.15, 0.2) is 180 Å². The average molecular weight is 1420 g/mol. The van der Waals surface area contributed by atoms with E-state index in [4.69, 9.17) is 47.4 Å². The highest BCUT2D eigenvalue weighted by atomic mass is 16.6. The fraction of sp³-hybridized carbons (Fsp3) is 0.562. The van der Waals surface area contributed by atoms with E-state index in [1.54, 1.807) is 0 Å². The number of rotatable bonds is 12. The maximum atomic E-state index is 12.2. The first kappa shape index (κ1) is 72.3. The summed E-state index contributed by atoms with van der Waals surface area (Å²) in [5.41, 5.74) is 7.75. The Balaban J connectivity index is 0.000000105. The number of carbonyl (C=O) groups is 5. The number of ether oxygens (including phenoxy) is 10. The molecule has 5 aliphatic heterocycles. The van der Waals surface area contributed by atoms with Crippen molar-refractivity contribution in [3.63, 3.8) is 0 Å². The second kappa shape index (κ2) is 27.5. The Labute approximate surface area is 614 Å². The Hall–Kier alpha value is -7.27. The molecule has 15 heteroatoms. The molecule has 10 fully saturated rings. The summed E-state index contributed by atoms with van der Waals surface area (Å²) < 4.78 is 55.3. The van der Waals surface area contributed by atoms with E-state index in [2.05, 4.69) is 176 Å². The lowest BCUT2D eigenvalue weighted by Gasteiger charge is -2.52. The van der Waals surface area contributed by atoms with Crippen LogP contribution in [0.5, 0.6) is 0 Å². The third-order valence-electron chi connectivity index (χ3n) is 28.1. The second-order valence-corrected chi connectivity index (χ2v) is 33.7. The van der Waals surface area contributed by atoms with Gasteiger partial charge in [-0.3, -0.25) is 0 Å². The van der Waals surface area contributed by atoms with Gasteiger partial charge in [0.25, 0.3) is 0 Å². The van der Waals surface area contributed by atoms with Crippen LogP contribution in [0.1, 0.15) is 147 Å². The van der Waals surface area contributed by atoms with E-state index in [9.17, 15) is 24.0 Å². The number of carbonyl (C=O) groups excluding carboxylic acids is 5. The Morgan fingerprint density at radius 1 is 0.404 bits per heavy atom. The lowest BCUT2D eigenvalue weighted by atomic mass is 9.51. The molecule has 0 bridgehead atoms. The molecular weight excluding hydrogens is 1310 g/mol. The monoisotopic (exact) mass is 1410 g/mol. The van der Waals surface area contributed by atoms with Gasteiger partial charge in [-0.15, -0.1) is 0 Å². The number of hydrogen-bond acceptors (Lipinski definition) is 15. The number of allylic oxidation sites excluding steroid dienone is 5. The minimum absolute atomic E-state index is 0.0301. The summed E-state index contributed by atoms with van der Waals surface area (Å²) in [6, 6.07) is 42.3. The number of methoxy groups -OCH3 is 5. The van der Waals surface area contributed by atoms with Gasteiger partial charge in [0.1, 0.15) is 28.0 Å². The summed E-state index contributed by atoms with van der Waals surface area (Å²) in [4.78, 5) is 60.6. The summed E-state index contributed by atoms with van der Waals surface area (Å²) in [6.07, 6.45) is 26.5. The van der Waals surface area contributed by atoms with Crippen LogP contribution in [0.25, 0.3) is 0 Å². The summed E-state index contributed by atoms with van der Waals surface area (Å²) >= 11 is 0. The number of esters is 5. The molecule has 5 saturated carbocycles. The molecule has 4 aromatic carbocycles. The van der Waals surface area contributed by atoms with Crippen molar-refractivity contribution in [2.75, 3.05) is 35.5 Å². The standard InChI is InChI=1S/2C19H22O3.2C18H20O3.C15H22O3/c2*1-12-8-15-11-14(10-13-6-4-3-5-7-13)17-19(15,22-17)16(9-12)18(20)21-2;1-11-8-14-13(12-6-4-3-5-7-12)10-16-18(14,21-16)15(9-11)17(19)20-2;1-20-17(19)15-9-5-8-14-11-13(16-18(14,15)21-16)10-12-6-3-2-4-7-12;1-9-8-10(12(16)17-5)15-11(18-15)6-7-14(15,4)13(9,2)3/h2*3-7,9,12,14-15,17H,8,10-11H2,1-2H3;3-7,9,11,13-14,16H,8,10H2,1-2H3;2-4,6-7,9,13-14,16H,5,8,10-11H2,1H3;8-9,11H,6-7H2,1-5H3/t12-,14+,15+,17+,19+;12-,14-,15+,17+,19+;11-,13+,14+,16+,18+;13-,14+,16+,18+;9-,11-,14+,15-/m11110/s1. The number of hydrogen-bond donors (Lipinski definition) is 0. The van der Waals surface area contributed by atoms with E-state index in [0.29, 0.717) is 71.0 Å². The molecule has 0 amide bonds. The lowest BCUT2D eigenvalue weighted by Crippen LogP contribution is -2.53. The summed E-state index contributed by atoms with van der Waals surface area (Å²) in [7, 11) is 7.28. The second-order valence-electron chi connectivity index (χ2n) is 33.7. The molecule has 5 spiro atoms. The fourth-order valence-corrected chi connectivity index (χ4v) is 22.6. The van der Waals surface area contributed by atoms with Gasteiger partial charge in [-0.1, -0.05) is 200 Å². The molecule has 5 heterocycles. The van der Waals surface area contributed by atoms with Crippen LogP contribution < -0.4 is 0 Å². The highest BCUT2D eigenvalue weighted by Crippen LogP contribution is 2.74. The molecule has 0 radical (unpaired) electrons. The van der Waals surface area contributed by atoms with Crippen molar-refractivity contribution in [2.45, 2.75) is 203 Å². The molecule has 0 unspecified atom stereocenters. The summed E-state index contributed by atoms with van der Waals surface area (Å²) in [5, 5.41) is 0. The first-order valence-corrected chi connectivity index (χ1v) is 38.6. The third-order valence-corrected chi connectivity index (χ3v) is 28.1. The zero-order valence-corrected chi connectivity index (χ0v) is 62.8. The predicted octanol–water partition coefficient (Wildman–Crippen LogP) is 14.9. The van der Waals surface area contributed by atoms with Crippen LogP contribution in [-0.4, -0.2) is 124 Å². The summed E-state index contributed by atoms with van der Waals surface area (Å²) in [5.74, 6) is 4.33. The lowest BCUT2D eigenvalue weighted by molar-refractivity contribution is -0.140. The minimum Gasteiger partial charge on any atom is -0.466 e. The van der Waals surface area contributed by atoms with E-state index in [1.807, 2.05) is 24.3 Å². The highest BCUT2D eigenvalue weighted by Gasteiger charge is 2.80. The Kier molecular flexibility index (Phi) is 19.1. The molecule has 19 rings (SSSR count). The highest BCUT2D eigenvalue weighted by molar-refractivity contribution is 5.95. The topological polar surface area (TPSA) is 194 Å². The Morgan fingerprint density at radius 2 is 0.798 bits per heavy atom. The minimum atomic E-state index is -0.365. The van der Waals surface area contributed by atoms with Crippen molar-refractivity contribution in [3.8, 4) is 0 Å². The molecule has 0 N–H and O–H groups in total. The maximum absolute atomic E-state index is 12.2. The van der Waals surface area contributed by atoms with Crippen LogP contribution >= 0.6 is 0 Å². The summed E-state index contributed by atoms with van der Waals surface area (Å²) in [6.45, 7) is 15.6. The smallest absolute Gasteiger partial charge is 0.336 e. The van der Waals surface area contributed by atoms with Gasteiger partial charge in [-0.05, 0) is 183 Å². The van der Waals surface area contributed by atoms with Crippen LogP contribution in [0.4, 0.5) is 0 Å². The van der Waals surface area contributed by atoms with E-state index >= 15 is 0 Å². The van der Waals surface area contributed by atoms with E-state index in [0.717, 1.165) is 118 Å². The molecule has 15 aliphatic rings. The Bertz CT molecular complexity index is 3990. The first-order chi connectivity index (χ1) is 50.0. The van der Waals surface area contributed by atoms with E-state index in [1.165, 1.54) is 57.8 Å². The molecular formula is C89H106O15. The van der Waals surface area contributed by atoms with Crippen LogP contribution in [-0.2, 0) is 90.6 Å². The van der Waals surface area contributed by atoms with E-state index in [-0.39, 0.29) is 99.2 Å². The molecule has 552 valence electrons. The molecule has 104 heavy (non-hydrogen) atoms. The third kappa shape index (κ3) is 11.8. The van der Waals surface area contributed by atoms with Crippen molar-refractivity contribution >= 4 is 29.8 Å². The van der Waals surface area contributed by atoms with Gasteiger partial charge in [-0.2, -0.15) is 0 Å². The zero-order valence-electron chi connectivity index (χ0n) is 62.8. The van der Waals surface area contributed by atoms with Gasteiger partial charge in [-0.25, -0.2) is 24.0 Å². The van der Waals surface area contributed by atoms with Crippen molar-refractivity contribution in [2.24, 2.45) is 75.9 Å². The van der Waals surface area contributed by atoms with Gasteiger partial charge in [0.2, 0.25) is 0 Å². The van der Waals surface area contributed by atoms with Crippen molar-refractivity contribution in [1.29, 1.82) is 0 Å². The van der Waals surface area contributed by atoms with Crippen LogP contribution in [0.3, 0.4) is 0 Å². The predicted molar refractivity (Wildman–Crippen MR) is 392 cm³/mol. The SMILES string of the molecule is COC(=O)C1=CCC[C@H]2C[C@@H](Cc3ccccc3)[C@@H]3O[C@]123.COC(=O)C1=C[C@H](C)C(C)(C)[C@@]2(C)CC[C@@H]3O[C@@]132.COC(=O)C1=C[C@H](C)C[C@H]2C[C@@H](Cc3ccccc3)[C@@H]3O[C@]123.COC(=O)C1=C[C@H](C)C[C@H]2C[C@H](Cc3ccccc3)[C@@H]3O[C@]123.COC(=O)C1=C[C@H](C)C[C@H]2[C@H](c3ccccc3)C[C@@H]3O[C@@]132. The maximum Gasteiger partial charge on any atom is 0.336 e. The normalized spacial score (nSPS) is 40.1. The molecule has 23 atom stereocenters. The van der Waals surface area contributed by atoms with Gasteiger partial charge < -0.3 is 47.4 Å². The quantitative estimate of drug-likeness (QED) is 0.0738. The van der Waals surface area contributed by atoms with Gasteiger partial charge in [0, 0.05) is 11.3 Å². The van der Waals surface area contributed by atoms with E-state index < -0.39 is 0 Å². The van der Waals surface area contributed by atoms with Gasteiger partial charge in [0.15, 0.2) is 0 Å². The Morgan fingerprint density at radius 3 is 1.24 bits per heavy atom. The first-order valence-electron chi connectivity index (χ1n) is 38.6. The fourth-order valence-electron chi connectivity index (χ4n) is 22.6. The van der Waals surface area contributed by atoms with Gasteiger partial charge in [0.05, 0.1) is 93.9 Å². The average Bonchev–Trinajstić information content (AvgIpc) is 1.49. The van der Waals surface area contributed by atoms with Crippen LogP contribution in [0, 0.1) is 75.9 Å². The molecule has 5 saturated heterocycles. The number of epoxide rings is 5. The molecule has 4 aromatic rings. The number of benzene rings is 4. The largest absolute Gasteiger partial charge is 0.466 e. The molecule has 15 nitrogen and oxygen atoms in total. The molecule has 10 aliphatic carbocycles. The van der Waals surface area contributed by atoms with Crippen molar-refractivity contribution in [1.82, 2.24) is 0 Å². The van der Waals surface area contributed by atoms with Crippen molar-refractivity contribution < 1.29 is 71.3 Å². The van der Waals surface area contributed by atoms with Crippen LogP contribution in [0.2, 0.25) is 0 Å². The molecule has 0 aromatic heterocycles. The zero-order chi connectivity index (χ0) is 73.0. The van der Waals surface area contributed by atoms with Gasteiger partial charge >= 0.3 is 29.8 Å². The van der Waals surface area contributed by atoms with Crippen molar-refractivity contribution in [3.05, 3.63) is 202 Å².